The van der Waals surface area contributed by atoms with Gasteiger partial charge in [-0.2, -0.15) is 4.39 Å². The van der Waals surface area contributed by atoms with E-state index in [9.17, 15) is 9.18 Å². The third kappa shape index (κ3) is 1.21. The van der Waals surface area contributed by atoms with E-state index in [4.69, 9.17) is 4.42 Å². The number of hydrogen-bond acceptors (Lipinski definition) is 2. The minimum Gasteiger partial charge on any atom is -0.421 e. The molecule has 0 fully saturated rings. The molecule has 1 aromatic carbocycles. The molecule has 72 valence electrons. The Morgan fingerprint density at radius 1 is 1.29 bits per heavy atom. The molecule has 0 N–H and O–H groups in total. The first-order valence-corrected chi connectivity index (χ1v) is 4.29. The summed E-state index contributed by atoms with van der Waals surface area (Å²) in [5.41, 5.74) is 0.859. The van der Waals surface area contributed by atoms with Crippen LogP contribution in [0.1, 0.15) is 11.1 Å². The zero-order valence-corrected chi connectivity index (χ0v) is 7.93. The summed E-state index contributed by atoms with van der Waals surface area (Å²) in [5.74, 6) is -0.804. The lowest BCUT2D eigenvalue weighted by molar-refractivity contribution is 0.482. The molecular formula is C11H9FO2. The van der Waals surface area contributed by atoms with Crippen molar-refractivity contribution in [3.8, 4) is 0 Å². The molecule has 1 heterocycles. The molecule has 0 saturated heterocycles. The molecule has 2 aromatic rings. The van der Waals surface area contributed by atoms with Crippen molar-refractivity contribution >= 4 is 11.0 Å². The number of aryl methyl sites for hydroxylation is 2. The third-order valence-electron chi connectivity index (χ3n) is 2.25. The van der Waals surface area contributed by atoms with E-state index in [0.717, 1.165) is 5.56 Å². The Labute approximate surface area is 80.0 Å². The van der Waals surface area contributed by atoms with Crippen molar-refractivity contribution in [1.29, 1.82) is 0 Å². The van der Waals surface area contributed by atoms with E-state index >= 15 is 0 Å². The van der Waals surface area contributed by atoms with Crippen molar-refractivity contribution in [2.24, 2.45) is 0 Å². The maximum atomic E-state index is 13.2. The quantitative estimate of drug-likeness (QED) is 0.600. The fraction of sp³-hybridized carbons (Fsp3) is 0.182. The first-order valence-electron chi connectivity index (χ1n) is 4.29. The van der Waals surface area contributed by atoms with Gasteiger partial charge in [-0.15, -0.1) is 0 Å². The van der Waals surface area contributed by atoms with Crippen LogP contribution in [0.2, 0.25) is 0 Å². The monoisotopic (exact) mass is 192 g/mol. The van der Waals surface area contributed by atoms with Crippen molar-refractivity contribution in [3.63, 3.8) is 0 Å². The summed E-state index contributed by atoms with van der Waals surface area (Å²) >= 11 is 0. The minimum atomic E-state index is -0.902. The van der Waals surface area contributed by atoms with Crippen LogP contribution in [0.3, 0.4) is 0 Å². The normalized spacial score (nSPS) is 10.8. The van der Waals surface area contributed by atoms with Crippen LogP contribution in [0.5, 0.6) is 0 Å². The number of hydrogen-bond donors (Lipinski definition) is 0. The molecule has 3 heteroatoms. The highest BCUT2D eigenvalue weighted by molar-refractivity contribution is 5.80. The van der Waals surface area contributed by atoms with Crippen LogP contribution in [-0.2, 0) is 0 Å². The molecule has 0 amide bonds. The topological polar surface area (TPSA) is 30.2 Å². The minimum absolute atomic E-state index is 0.344. The molecular weight excluding hydrogens is 183 g/mol. The lowest BCUT2D eigenvalue weighted by atomic mass is 10.1. The highest BCUT2D eigenvalue weighted by Crippen LogP contribution is 2.19. The maximum Gasteiger partial charge on any atom is 0.372 e. The molecule has 0 aliphatic rings. The van der Waals surface area contributed by atoms with Crippen LogP contribution in [0.4, 0.5) is 4.39 Å². The van der Waals surface area contributed by atoms with E-state index in [2.05, 4.69) is 0 Å². The summed E-state index contributed by atoms with van der Waals surface area (Å²) in [4.78, 5) is 11.0. The SMILES string of the molecule is Cc1ccc2c(C)c(F)c(=O)oc2c1. The van der Waals surface area contributed by atoms with Crippen LogP contribution in [0.25, 0.3) is 11.0 Å². The smallest absolute Gasteiger partial charge is 0.372 e. The van der Waals surface area contributed by atoms with Crippen LogP contribution < -0.4 is 5.63 Å². The second kappa shape index (κ2) is 2.94. The van der Waals surface area contributed by atoms with E-state index in [0.29, 0.717) is 16.5 Å². The van der Waals surface area contributed by atoms with Gasteiger partial charge in [0.15, 0.2) is 0 Å². The van der Waals surface area contributed by atoms with Gasteiger partial charge in [-0.05, 0) is 25.5 Å². The van der Waals surface area contributed by atoms with Gasteiger partial charge in [-0.3, -0.25) is 0 Å². The number of rotatable bonds is 0. The summed E-state index contributed by atoms with van der Waals surface area (Å²) < 4.78 is 18.0. The zero-order chi connectivity index (χ0) is 10.3. The fourth-order valence-electron chi connectivity index (χ4n) is 1.44. The summed E-state index contributed by atoms with van der Waals surface area (Å²) in [7, 11) is 0. The second-order valence-electron chi connectivity index (χ2n) is 3.33. The predicted octanol–water partition coefficient (Wildman–Crippen LogP) is 2.55. The highest BCUT2D eigenvalue weighted by atomic mass is 19.1. The van der Waals surface area contributed by atoms with Gasteiger partial charge in [-0.25, -0.2) is 4.79 Å². The lowest BCUT2D eigenvalue weighted by Crippen LogP contribution is -2.06. The Morgan fingerprint density at radius 3 is 2.71 bits per heavy atom. The molecule has 0 unspecified atom stereocenters. The molecule has 0 radical (unpaired) electrons. The van der Waals surface area contributed by atoms with Crippen LogP contribution in [-0.4, -0.2) is 0 Å². The van der Waals surface area contributed by atoms with Crippen LogP contribution in [0, 0.1) is 19.7 Å². The van der Waals surface area contributed by atoms with Gasteiger partial charge in [0, 0.05) is 10.9 Å². The third-order valence-corrected chi connectivity index (χ3v) is 2.25. The lowest BCUT2D eigenvalue weighted by Gasteiger charge is -2.01. The molecule has 0 aliphatic heterocycles. The first kappa shape index (κ1) is 8.94. The number of benzene rings is 1. The Bertz CT molecular complexity index is 555. The summed E-state index contributed by atoms with van der Waals surface area (Å²) in [6.07, 6.45) is 0. The van der Waals surface area contributed by atoms with Gasteiger partial charge >= 0.3 is 5.63 Å². The summed E-state index contributed by atoms with van der Waals surface area (Å²) in [5, 5.41) is 0.646. The van der Waals surface area contributed by atoms with Gasteiger partial charge in [0.05, 0.1) is 0 Å². The number of halogens is 1. The van der Waals surface area contributed by atoms with Crippen molar-refractivity contribution in [1.82, 2.24) is 0 Å². The second-order valence-corrected chi connectivity index (χ2v) is 3.33. The summed E-state index contributed by atoms with van der Waals surface area (Å²) in [6.45, 7) is 3.46. The molecule has 2 nitrogen and oxygen atoms in total. The summed E-state index contributed by atoms with van der Waals surface area (Å²) in [6, 6.07) is 5.34. The standard InChI is InChI=1S/C11H9FO2/c1-6-3-4-8-7(2)10(12)11(13)14-9(8)5-6/h3-5H,1-2H3. The molecule has 14 heavy (non-hydrogen) atoms. The van der Waals surface area contributed by atoms with Crippen molar-refractivity contribution in [2.45, 2.75) is 13.8 Å². The van der Waals surface area contributed by atoms with E-state index in [1.165, 1.54) is 0 Å². The van der Waals surface area contributed by atoms with E-state index in [1.54, 1.807) is 19.1 Å². The van der Waals surface area contributed by atoms with Crippen LogP contribution in [0.15, 0.2) is 27.4 Å². The van der Waals surface area contributed by atoms with Gasteiger partial charge in [0.25, 0.3) is 0 Å². The molecule has 2 rings (SSSR count). The van der Waals surface area contributed by atoms with E-state index in [1.807, 2.05) is 13.0 Å². The maximum absolute atomic E-state index is 13.2. The van der Waals surface area contributed by atoms with Crippen molar-refractivity contribution in [2.75, 3.05) is 0 Å². The zero-order valence-electron chi connectivity index (χ0n) is 7.93. The van der Waals surface area contributed by atoms with Gasteiger partial charge in [0.1, 0.15) is 5.58 Å². The highest BCUT2D eigenvalue weighted by Gasteiger charge is 2.09. The average Bonchev–Trinajstić information content (AvgIpc) is 2.14. The van der Waals surface area contributed by atoms with Gasteiger partial charge in [-0.1, -0.05) is 12.1 Å². The van der Waals surface area contributed by atoms with Gasteiger partial charge < -0.3 is 4.42 Å². The molecule has 1 aromatic heterocycles. The van der Waals surface area contributed by atoms with E-state index in [-0.39, 0.29) is 0 Å². The molecule has 0 atom stereocenters. The Hall–Kier alpha value is -1.64. The van der Waals surface area contributed by atoms with Crippen molar-refractivity contribution < 1.29 is 8.81 Å². The molecule has 0 aliphatic carbocycles. The Kier molecular flexibility index (Phi) is 1.88. The largest absolute Gasteiger partial charge is 0.421 e. The fourth-order valence-corrected chi connectivity index (χ4v) is 1.44. The molecule has 0 bridgehead atoms. The number of fused-ring (bicyclic) bond motifs is 1. The van der Waals surface area contributed by atoms with Crippen molar-refractivity contribution in [3.05, 3.63) is 45.6 Å². The molecule has 0 saturated carbocycles. The first-order chi connectivity index (χ1) is 6.59. The Balaban J connectivity index is 2.98. The Morgan fingerprint density at radius 2 is 2.00 bits per heavy atom. The predicted molar refractivity (Wildman–Crippen MR) is 51.9 cm³/mol. The average molecular weight is 192 g/mol. The molecule has 0 spiro atoms. The van der Waals surface area contributed by atoms with Crippen LogP contribution >= 0.6 is 0 Å². The van der Waals surface area contributed by atoms with E-state index < -0.39 is 11.4 Å². The van der Waals surface area contributed by atoms with Gasteiger partial charge in [0.2, 0.25) is 5.82 Å².